The van der Waals surface area contributed by atoms with E-state index < -0.39 is 18.6 Å². The fraction of sp³-hybridized carbons (Fsp3) is 0.231. The van der Waals surface area contributed by atoms with Gasteiger partial charge in [0.15, 0.2) is 0 Å². The Morgan fingerprint density at radius 3 is 2.14 bits per heavy atom. The van der Waals surface area contributed by atoms with E-state index >= 15 is 0 Å². The molecule has 1 atom stereocenters. The lowest BCUT2D eigenvalue weighted by Crippen LogP contribution is -2.33. The van der Waals surface area contributed by atoms with Gasteiger partial charge in [0.2, 0.25) is 0 Å². The van der Waals surface area contributed by atoms with E-state index in [0.29, 0.717) is 5.56 Å². The second kappa shape index (κ2) is 7.11. The largest absolute Gasteiger partial charge is 0.461 e. The van der Waals surface area contributed by atoms with Crippen molar-refractivity contribution in [2.24, 2.45) is 5.73 Å². The van der Waals surface area contributed by atoms with Crippen LogP contribution in [0.4, 0.5) is 17.6 Å². The molecule has 1 aromatic carbocycles. The lowest BCUT2D eigenvalue weighted by molar-refractivity contribution is -0.253. The monoisotopic (exact) mass is 341 g/mol. The summed E-state index contributed by atoms with van der Waals surface area (Å²) in [5.41, 5.74) is 7.55. The number of ether oxygens (including phenoxy) is 1. The SMILES string of the molecule is Cl.N[C@H](c1ccc(OC(F)(F)C(F)F)cc1)c1ccsc1. The molecule has 116 valence electrons. The second-order valence-corrected chi connectivity index (χ2v) is 4.85. The molecular formula is C13H12ClF4NOS. The molecule has 1 aromatic heterocycles. The molecule has 0 fully saturated rings. The number of alkyl halides is 4. The molecule has 2 aromatic rings. The van der Waals surface area contributed by atoms with Crippen LogP contribution in [0.2, 0.25) is 0 Å². The van der Waals surface area contributed by atoms with Crippen LogP contribution in [-0.4, -0.2) is 12.5 Å². The number of thiophene rings is 1. The van der Waals surface area contributed by atoms with Crippen molar-refractivity contribution < 1.29 is 22.3 Å². The number of benzene rings is 1. The van der Waals surface area contributed by atoms with Gasteiger partial charge in [0.05, 0.1) is 6.04 Å². The highest BCUT2D eigenvalue weighted by Crippen LogP contribution is 2.29. The molecule has 2 rings (SSSR count). The van der Waals surface area contributed by atoms with Crippen LogP contribution in [0.1, 0.15) is 17.2 Å². The highest BCUT2D eigenvalue weighted by Gasteiger charge is 2.43. The van der Waals surface area contributed by atoms with Crippen LogP contribution in [0.5, 0.6) is 5.75 Å². The fourth-order valence-electron chi connectivity index (χ4n) is 1.59. The Labute approximate surface area is 128 Å². The van der Waals surface area contributed by atoms with Crippen molar-refractivity contribution in [1.82, 2.24) is 0 Å². The first kappa shape index (κ1) is 17.7. The van der Waals surface area contributed by atoms with Crippen molar-refractivity contribution in [1.29, 1.82) is 0 Å². The summed E-state index contributed by atoms with van der Waals surface area (Å²) in [6.07, 6.45) is -8.38. The van der Waals surface area contributed by atoms with Crippen LogP contribution in [-0.2, 0) is 0 Å². The third-order valence-electron chi connectivity index (χ3n) is 2.65. The Balaban J connectivity index is 0.00000220. The average molecular weight is 342 g/mol. The van der Waals surface area contributed by atoms with Gasteiger partial charge in [0.25, 0.3) is 0 Å². The summed E-state index contributed by atoms with van der Waals surface area (Å²) in [6.45, 7) is 0. The zero-order valence-electron chi connectivity index (χ0n) is 10.5. The summed E-state index contributed by atoms with van der Waals surface area (Å²) in [5.74, 6) is -0.337. The minimum Gasteiger partial charge on any atom is -0.428 e. The zero-order valence-corrected chi connectivity index (χ0v) is 12.1. The van der Waals surface area contributed by atoms with Gasteiger partial charge in [-0.15, -0.1) is 12.4 Å². The molecule has 0 aliphatic rings. The third kappa shape index (κ3) is 4.33. The Hall–Kier alpha value is -1.31. The van der Waals surface area contributed by atoms with Gasteiger partial charge in [-0.25, -0.2) is 0 Å². The van der Waals surface area contributed by atoms with Crippen LogP contribution < -0.4 is 10.5 Å². The van der Waals surface area contributed by atoms with Crippen molar-refractivity contribution in [3.8, 4) is 5.75 Å². The van der Waals surface area contributed by atoms with E-state index in [1.54, 1.807) is 0 Å². The average Bonchev–Trinajstić information content (AvgIpc) is 2.92. The lowest BCUT2D eigenvalue weighted by Gasteiger charge is -2.17. The maximum absolute atomic E-state index is 12.7. The summed E-state index contributed by atoms with van der Waals surface area (Å²) in [6, 6.07) is 6.78. The normalized spacial score (nSPS) is 12.9. The fourth-order valence-corrected chi connectivity index (χ4v) is 2.29. The van der Waals surface area contributed by atoms with Gasteiger partial charge in [0, 0.05) is 0 Å². The van der Waals surface area contributed by atoms with Gasteiger partial charge >= 0.3 is 12.5 Å². The van der Waals surface area contributed by atoms with Crippen molar-refractivity contribution in [3.63, 3.8) is 0 Å². The summed E-state index contributed by atoms with van der Waals surface area (Å²) in [4.78, 5) is 0. The molecule has 0 saturated carbocycles. The quantitative estimate of drug-likeness (QED) is 0.815. The van der Waals surface area contributed by atoms with E-state index in [1.165, 1.54) is 35.6 Å². The number of rotatable bonds is 5. The van der Waals surface area contributed by atoms with E-state index in [9.17, 15) is 17.6 Å². The molecule has 2 nitrogen and oxygen atoms in total. The zero-order chi connectivity index (χ0) is 14.8. The summed E-state index contributed by atoms with van der Waals surface area (Å²) in [5, 5.41) is 3.75. The van der Waals surface area contributed by atoms with Crippen molar-refractivity contribution in [3.05, 3.63) is 52.2 Å². The Bertz CT molecular complexity index is 548. The van der Waals surface area contributed by atoms with Gasteiger partial charge in [-0.1, -0.05) is 12.1 Å². The molecule has 0 unspecified atom stereocenters. The van der Waals surface area contributed by atoms with Crippen LogP contribution in [0, 0.1) is 0 Å². The van der Waals surface area contributed by atoms with Crippen LogP contribution in [0.25, 0.3) is 0 Å². The molecule has 0 aliphatic carbocycles. The van der Waals surface area contributed by atoms with E-state index in [2.05, 4.69) is 4.74 Å². The summed E-state index contributed by atoms with van der Waals surface area (Å²) >= 11 is 1.49. The van der Waals surface area contributed by atoms with Crippen LogP contribution in [0.15, 0.2) is 41.1 Å². The first-order valence-electron chi connectivity index (χ1n) is 5.63. The third-order valence-corrected chi connectivity index (χ3v) is 3.35. The van der Waals surface area contributed by atoms with Crippen LogP contribution in [0.3, 0.4) is 0 Å². The first-order chi connectivity index (χ1) is 9.40. The molecule has 0 radical (unpaired) electrons. The minimum absolute atomic E-state index is 0. The second-order valence-electron chi connectivity index (χ2n) is 4.07. The molecule has 0 aliphatic heterocycles. The smallest absolute Gasteiger partial charge is 0.428 e. The van der Waals surface area contributed by atoms with Crippen molar-refractivity contribution >= 4 is 23.7 Å². The van der Waals surface area contributed by atoms with Crippen LogP contribution >= 0.6 is 23.7 Å². The topological polar surface area (TPSA) is 35.2 Å². The molecule has 1 heterocycles. The Morgan fingerprint density at radius 1 is 1.05 bits per heavy atom. The predicted octanol–water partition coefficient (Wildman–Crippen LogP) is 4.45. The molecular weight excluding hydrogens is 330 g/mol. The predicted molar refractivity (Wildman–Crippen MR) is 75.6 cm³/mol. The highest BCUT2D eigenvalue weighted by molar-refractivity contribution is 7.08. The maximum atomic E-state index is 12.7. The van der Waals surface area contributed by atoms with E-state index in [1.807, 2.05) is 16.8 Å². The molecule has 0 bridgehead atoms. The first-order valence-corrected chi connectivity index (χ1v) is 6.57. The molecule has 2 N–H and O–H groups in total. The minimum atomic E-state index is -4.50. The number of hydrogen-bond acceptors (Lipinski definition) is 3. The molecule has 21 heavy (non-hydrogen) atoms. The number of halogens is 5. The van der Waals surface area contributed by atoms with E-state index in [4.69, 9.17) is 5.73 Å². The summed E-state index contributed by atoms with van der Waals surface area (Å²) < 4.78 is 53.4. The van der Waals surface area contributed by atoms with E-state index in [-0.39, 0.29) is 18.2 Å². The highest BCUT2D eigenvalue weighted by atomic mass is 35.5. The lowest BCUT2D eigenvalue weighted by atomic mass is 10.0. The van der Waals surface area contributed by atoms with Crippen molar-refractivity contribution in [2.45, 2.75) is 18.6 Å². The standard InChI is InChI=1S/C13H11F4NOS.ClH/c14-12(15)13(16,17)19-10-3-1-8(2-4-10)11(18)9-5-6-20-7-9;/h1-7,11-12H,18H2;1H/t11-;/m1./s1. The molecule has 0 saturated heterocycles. The van der Waals surface area contributed by atoms with Gasteiger partial charge in [0.1, 0.15) is 5.75 Å². The van der Waals surface area contributed by atoms with Gasteiger partial charge in [-0.05, 0) is 40.1 Å². The Morgan fingerprint density at radius 2 is 1.67 bits per heavy atom. The van der Waals surface area contributed by atoms with E-state index in [0.717, 1.165) is 5.56 Å². The number of nitrogens with two attached hydrogens (primary N) is 1. The van der Waals surface area contributed by atoms with Gasteiger partial charge < -0.3 is 10.5 Å². The molecule has 0 spiro atoms. The van der Waals surface area contributed by atoms with Crippen molar-refractivity contribution in [2.75, 3.05) is 0 Å². The summed E-state index contributed by atoms with van der Waals surface area (Å²) in [7, 11) is 0. The number of hydrogen-bond donors (Lipinski definition) is 1. The van der Waals surface area contributed by atoms with Gasteiger partial charge in [-0.2, -0.15) is 28.9 Å². The Kier molecular flexibility index (Phi) is 6.00. The maximum Gasteiger partial charge on any atom is 0.461 e. The molecule has 0 amide bonds. The van der Waals surface area contributed by atoms with Gasteiger partial charge in [-0.3, -0.25) is 0 Å². The molecule has 8 heteroatoms.